The van der Waals surface area contributed by atoms with Gasteiger partial charge in [0.15, 0.2) is 0 Å². The van der Waals surface area contributed by atoms with Crippen molar-refractivity contribution >= 4 is 23.5 Å². The Bertz CT molecular complexity index is 133. The van der Waals surface area contributed by atoms with Crippen molar-refractivity contribution in [3.8, 4) is 0 Å². The molecule has 0 saturated heterocycles. The zero-order valence-electron chi connectivity index (χ0n) is 5.30. The summed E-state index contributed by atoms with van der Waals surface area (Å²) in [4.78, 5) is 19.6. The molecule has 6 heteroatoms. The third kappa shape index (κ3) is 9.97. The van der Waals surface area contributed by atoms with Crippen LogP contribution >= 0.6 is 11.6 Å². The summed E-state index contributed by atoms with van der Waals surface area (Å²) in [5, 5.41) is 18.6. The zero-order chi connectivity index (χ0) is 8.15. The quantitative estimate of drug-likeness (QED) is 0.432. The normalized spacial score (nSPS) is 8.91. The van der Waals surface area contributed by atoms with Gasteiger partial charge in [-0.1, -0.05) is 0 Å². The zero-order valence-corrected chi connectivity index (χ0v) is 7.54. The number of carboxylic acid groups (broad SMARTS) is 2. The van der Waals surface area contributed by atoms with E-state index >= 15 is 0 Å². The Kier molecular flexibility index (Phi) is 8.21. The predicted molar refractivity (Wildman–Crippen MR) is 28.9 cm³/mol. The molecule has 0 unspecified atom stereocenters. The van der Waals surface area contributed by atoms with Crippen molar-refractivity contribution in [3.63, 3.8) is 0 Å². The molecule has 0 aliphatic rings. The van der Waals surface area contributed by atoms with Crippen LogP contribution in [0.2, 0.25) is 0 Å². The molecule has 0 saturated carbocycles. The van der Waals surface area contributed by atoms with E-state index < -0.39 is 30.2 Å². The fraction of sp³-hybridized carbons (Fsp3) is 0.600. The molecule has 1 radical (unpaired) electrons. The van der Waals surface area contributed by atoms with Gasteiger partial charge in [0, 0.05) is 52.5 Å². The van der Waals surface area contributed by atoms with Gasteiger partial charge >= 0.3 is 0 Å². The molecular formula is C5H5AgClO4-2. The third-order valence-electron chi connectivity index (χ3n) is 0.776. The van der Waals surface area contributed by atoms with Crippen LogP contribution in [-0.2, 0) is 32.0 Å². The summed E-state index contributed by atoms with van der Waals surface area (Å²) in [6.45, 7) is 0. The first-order valence-corrected chi connectivity index (χ1v) is 2.99. The van der Waals surface area contributed by atoms with E-state index in [0.29, 0.717) is 0 Å². The molecule has 0 heterocycles. The number of hydrogen-bond acceptors (Lipinski definition) is 4. The van der Waals surface area contributed by atoms with Gasteiger partial charge in [-0.15, -0.1) is 11.6 Å². The smallest absolute Gasteiger partial charge is 0.0440 e. The van der Waals surface area contributed by atoms with Crippen LogP contribution in [0.25, 0.3) is 0 Å². The second-order valence-corrected chi connectivity index (χ2v) is 2.37. The summed E-state index contributed by atoms with van der Waals surface area (Å²) in [5.74, 6) is -2.72. The van der Waals surface area contributed by atoms with Gasteiger partial charge in [-0.25, -0.2) is 0 Å². The minimum absolute atomic E-state index is 0. The first-order chi connectivity index (χ1) is 4.52. The molecule has 4 nitrogen and oxygen atoms in total. The third-order valence-corrected chi connectivity index (χ3v) is 1.08. The molecule has 0 aliphatic carbocycles. The maximum atomic E-state index is 9.78. The molecule has 0 aliphatic heterocycles. The number of hydrogen-bond donors (Lipinski definition) is 0. The molecule has 0 aromatic heterocycles. The van der Waals surface area contributed by atoms with Crippen LogP contribution in [0.5, 0.6) is 0 Å². The summed E-state index contributed by atoms with van der Waals surface area (Å²) >= 11 is 5.23. The maximum absolute atomic E-state index is 9.78. The standard InChI is InChI=1S/C5H7ClO4.Ag/c6-3(1-4(7)8)2-5(9)10;/h3H,1-2H2,(H,7,8)(H,9,10);/p-2. The fourth-order valence-electron chi connectivity index (χ4n) is 0.434. The van der Waals surface area contributed by atoms with Crippen LogP contribution in [0.1, 0.15) is 12.8 Å². The average Bonchev–Trinajstić information content (AvgIpc) is 1.58. The second-order valence-electron chi connectivity index (χ2n) is 1.75. The number of carboxylic acids is 2. The van der Waals surface area contributed by atoms with E-state index in [0.717, 1.165) is 0 Å². The number of halogens is 1. The Morgan fingerprint density at radius 3 is 1.64 bits per heavy atom. The number of rotatable bonds is 4. The SMILES string of the molecule is O=C([O-])CC(Cl)CC(=O)[O-].[Ag]. The molecule has 0 spiro atoms. The summed E-state index contributed by atoms with van der Waals surface area (Å²) in [7, 11) is 0. The molecule has 0 aromatic carbocycles. The van der Waals surface area contributed by atoms with Crippen LogP contribution in [0.15, 0.2) is 0 Å². The molecular weight excluding hydrogens is 267 g/mol. The molecule has 0 aromatic rings. The predicted octanol–water partition coefficient (Wildman–Crippen LogP) is -2.13. The number of carbonyl (C=O) groups is 2. The van der Waals surface area contributed by atoms with Crippen molar-refractivity contribution in [3.05, 3.63) is 0 Å². The topological polar surface area (TPSA) is 80.3 Å². The Hall–Kier alpha value is -0.0297. The first kappa shape index (κ1) is 13.6. The van der Waals surface area contributed by atoms with Crippen molar-refractivity contribution in [1.29, 1.82) is 0 Å². The van der Waals surface area contributed by atoms with Crippen LogP contribution in [-0.4, -0.2) is 17.3 Å². The van der Waals surface area contributed by atoms with Gasteiger partial charge in [0.25, 0.3) is 0 Å². The van der Waals surface area contributed by atoms with Crippen LogP contribution in [0.3, 0.4) is 0 Å². The van der Waals surface area contributed by atoms with Crippen LogP contribution in [0.4, 0.5) is 0 Å². The second kappa shape index (κ2) is 6.67. The molecule has 11 heavy (non-hydrogen) atoms. The molecule has 0 fully saturated rings. The molecule has 0 bridgehead atoms. The summed E-state index contributed by atoms with van der Waals surface area (Å²) in [6, 6.07) is 0. The fourth-order valence-corrected chi connectivity index (χ4v) is 0.686. The number of aliphatic carboxylic acids is 2. The summed E-state index contributed by atoms with van der Waals surface area (Å²) in [5.41, 5.74) is 0. The maximum Gasteiger partial charge on any atom is 0.0440 e. The van der Waals surface area contributed by atoms with Crippen molar-refractivity contribution in [1.82, 2.24) is 0 Å². The Labute approximate surface area is 84.0 Å². The largest absolute Gasteiger partial charge is 0.550 e. The van der Waals surface area contributed by atoms with Gasteiger partial charge in [0.1, 0.15) is 0 Å². The molecule has 69 valence electrons. The van der Waals surface area contributed by atoms with E-state index in [1.807, 2.05) is 0 Å². The van der Waals surface area contributed by atoms with Gasteiger partial charge < -0.3 is 19.8 Å². The van der Waals surface area contributed by atoms with E-state index in [4.69, 9.17) is 11.6 Å². The Morgan fingerprint density at radius 1 is 1.18 bits per heavy atom. The summed E-state index contributed by atoms with van der Waals surface area (Å²) < 4.78 is 0. The van der Waals surface area contributed by atoms with E-state index in [2.05, 4.69) is 0 Å². The van der Waals surface area contributed by atoms with E-state index in [1.165, 1.54) is 0 Å². The minimum atomic E-state index is -1.36. The van der Waals surface area contributed by atoms with Gasteiger partial charge in [-0.2, -0.15) is 0 Å². The summed E-state index contributed by atoms with van der Waals surface area (Å²) in [6.07, 6.45) is -0.926. The van der Waals surface area contributed by atoms with Crippen molar-refractivity contribution in [2.24, 2.45) is 0 Å². The minimum Gasteiger partial charge on any atom is -0.550 e. The average molecular weight is 272 g/mol. The van der Waals surface area contributed by atoms with E-state index in [1.54, 1.807) is 0 Å². The van der Waals surface area contributed by atoms with Gasteiger partial charge in [0.2, 0.25) is 0 Å². The van der Waals surface area contributed by atoms with E-state index in [-0.39, 0.29) is 22.4 Å². The number of alkyl halides is 1. The molecule has 0 rings (SSSR count). The van der Waals surface area contributed by atoms with Crippen LogP contribution < -0.4 is 10.2 Å². The van der Waals surface area contributed by atoms with Gasteiger partial charge in [-0.05, 0) is 0 Å². The van der Waals surface area contributed by atoms with Crippen molar-refractivity contribution in [2.75, 3.05) is 0 Å². The molecule has 0 amide bonds. The monoisotopic (exact) mass is 271 g/mol. The van der Waals surface area contributed by atoms with Gasteiger partial charge in [-0.3, -0.25) is 0 Å². The van der Waals surface area contributed by atoms with Gasteiger partial charge in [0.05, 0.1) is 0 Å². The molecule has 0 N–H and O–H groups in total. The van der Waals surface area contributed by atoms with Crippen molar-refractivity contribution in [2.45, 2.75) is 18.2 Å². The van der Waals surface area contributed by atoms with E-state index in [9.17, 15) is 19.8 Å². The number of carbonyl (C=O) groups excluding carboxylic acids is 2. The Balaban J connectivity index is 0. The molecule has 0 atom stereocenters. The van der Waals surface area contributed by atoms with Crippen molar-refractivity contribution < 1.29 is 42.2 Å². The first-order valence-electron chi connectivity index (χ1n) is 2.56. The van der Waals surface area contributed by atoms with Crippen LogP contribution in [0, 0.1) is 0 Å². The Morgan fingerprint density at radius 2 is 1.45 bits per heavy atom.